The summed E-state index contributed by atoms with van der Waals surface area (Å²) in [6, 6.07) is 9.71. The first-order valence-corrected chi connectivity index (χ1v) is 9.17. The van der Waals surface area contributed by atoms with Gasteiger partial charge in [0.15, 0.2) is 11.7 Å². The maximum Gasteiger partial charge on any atom is 0.311 e. The molecular weight excluding hydrogens is 348 g/mol. The molecule has 0 aliphatic carbocycles. The molecule has 0 bridgehead atoms. The van der Waals surface area contributed by atoms with E-state index in [9.17, 15) is 14.7 Å². The minimum absolute atomic E-state index is 0.141. The van der Waals surface area contributed by atoms with E-state index in [1.54, 1.807) is 6.20 Å². The van der Waals surface area contributed by atoms with Gasteiger partial charge in [0.25, 0.3) is 0 Å². The summed E-state index contributed by atoms with van der Waals surface area (Å²) >= 11 is 0. The number of ether oxygens (including phenoxy) is 1. The zero-order valence-electron chi connectivity index (χ0n) is 15.1. The Kier molecular flexibility index (Phi) is 6.24. The number of hydrogen-bond acceptors (Lipinski definition) is 5. The zero-order chi connectivity index (χ0) is 19.1. The van der Waals surface area contributed by atoms with Crippen LogP contribution in [0.4, 0.5) is 0 Å². The molecule has 2 heterocycles. The summed E-state index contributed by atoms with van der Waals surface area (Å²) in [5, 5.41) is 12.3. The molecule has 1 aliphatic heterocycles. The van der Waals surface area contributed by atoms with Crippen molar-refractivity contribution in [3.8, 4) is 11.3 Å². The van der Waals surface area contributed by atoms with E-state index in [-0.39, 0.29) is 12.5 Å². The molecule has 0 radical (unpaired) electrons. The quantitative estimate of drug-likeness (QED) is 0.739. The predicted octanol–water partition coefficient (Wildman–Crippen LogP) is 2.66. The second kappa shape index (κ2) is 8.81. The lowest BCUT2D eigenvalue weighted by molar-refractivity contribution is -0.154. The molecular formula is C20H24N2O5. The van der Waals surface area contributed by atoms with Crippen molar-refractivity contribution < 1.29 is 23.8 Å². The minimum Gasteiger partial charge on any atom is -0.481 e. The van der Waals surface area contributed by atoms with Crippen molar-refractivity contribution in [1.82, 2.24) is 10.3 Å². The Morgan fingerprint density at radius 3 is 2.63 bits per heavy atom. The van der Waals surface area contributed by atoms with Gasteiger partial charge in [-0.1, -0.05) is 30.3 Å². The largest absolute Gasteiger partial charge is 0.481 e. The van der Waals surface area contributed by atoms with E-state index in [0.29, 0.717) is 57.0 Å². The van der Waals surface area contributed by atoms with E-state index < -0.39 is 11.4 Å². The Balaban J connectivity index is 1.43. The first-order valence-electron chi connectivity index (χ1n) is 9.17. The standard InChI is InChI=1S/C20H24N2O5/c23-17(22-14-20(19(24)25)9-11-26-12-10-20)7-4-8-18-21-13-16(27-18)15-5-2-1-3-6-15/h1-3,5-6,13H,4,7-12,14H2,(H,22,23)(H,24,25). The van der Waals surface area contributed by atoms with Gasteiger partial charge in [0.2, 0.25) is 5.91 Å². The van der Waals surface area contributed by atoms with Crippen molar-refractivity contribution in [2.24, 2.45) is 5.41 Å². The van der Waals surface area contributed by atoms with Crippen LogP contribution in [0.3, 0.4) is 0 Å². The molecule has 2 aromatic rings. The van der Waals surface area contributed by atoms with Crippen LogP contribution in [-0.2, 0) is 20.7 Å². The van der Waals surface area contributed by atoms with Crippen molar-refractivity contribution >= 4 is 11.9 Å². The van der Waals surface area contributed by atoms with Gasteiger partial charge in [-0.15, -0.1) is 0 Å². The van der Waals surface area contributed by atoms with Crippen LogP contribution in [0, 0.1) is 5.41 Å². The SMILES string of the molecule is O=C(CCCc1ncc(-c2ccccc2)o1)NCC1(C(=O)O)CCOCC1. The molecule has 7 heteroatoms. The van der Waals surface area contributed by atoms with Gasteiger partial charge in [0.05, 0.1) is 11.6 Å². The summed E-state index contributed by atoms with van der Waals surface area (Å²) in [6.45, 7) is 0.966. The second-order valence-corrected chi connectivity index (χ2v) is 6.81. The first kappa shape index (κ1) is 19.1. The lowest BCUT2D eigenvalue weighted by Crippen LogP contribution is -2.46. The van der Waals surface area contributed by atoms with E-state index in [0.717, 1.165) is 5.56 Å². The summed E-state index contributed by atoms with van der Waals surface area (Å²) in [5.41, 5.74) is 0.0468. The summed E-state index contributed by atoms with van der Waals surface area (Å²) in [4.78, 5) is 27.9. The van der Waals surface area contributed by atoms with Gasteiger partial charge in [-0.3, -0.25) is 9.59 Å². The van der Waals surface area contributed by atoms with Crippen LogP contribution >= 0.6 is 0 Å². The van der Waals surface area contributed by atoms with Gasteiger partial charge in [-0.2, -0.15) is 0 Å². The van der Waals surface area contributed by atoms with Gasteiger partial charge in [0.1, 0.15) is 0 Å². The number of hydrogen-bond donors (Lipinski definition) is 2. The van der Waals surface area contributed by atoms with E-state index in [1.807, 2.05) is 30.3 Å². The molecule has 2 N–H and O–H groups in total. The molecule has 1 aliphatic rings. The molecule has 1 aromatic heterocycles. The van der Waals surface area contributed by atoms with Crippen LogP contribution in [0.2, 0.25) is 0 Å². The summed E-state index contributed by atoms with van der Waals surface area (Å²) in [5.74, 6) is 0.266. The zero-order valence-corrected chi connectivity index (χ0v) is 15.1. The second-order valence-electron chi connectivity index (χ2n) is 6.81. The number of carbonyl (C=O) groups excluding carboxylic acids is 1. The van der Waals surface area contributed by atoms with Crippen LogP contribution in [0.15, 0.2) is 40.9 Å². The number of aliphatic carboxylic acids is 1. The number of nitrogens with zero attached hydrogens (tertiary/aromatic N) is 1. The van der Waals surface area contributed by atoms with Gasteiger partial charge < -0.3 is 19.6 Å². The molecule has 0 saturated carbocycles. The number of oxazole rings is 1. The number of nitrogens with one attached hydrogen (secondary N) is 1. The lowest BCUT2D eigenvalue weighted by atomic mass is 9.80. The van der Waals surface area contributed by atoms with E-state index in [1.165, 1.54) is 0 Å². The maximum atomic E-state index is 12.1. The third kappa shape index (κ3) is 4.95. The van der Waals surface area contributed by atoms with Crippen molar-refractivity contribution in [1.29, 1.82) is 0 Å². The third-order valence-electron chi connectivity index (χ3n) is 4.93. The molecule has 0 atom stereocenters. The monoisotopic (exact) mass is 372 g/mol. The Bertz CT molecular complexity index is 766. The molecule has 7 nitrogen and oxygen atoms in total. The van der Waals surface area contributed by atoms with E-state index >= 15 is 0 Å². The van der Waals surface area contributed by atoms with Gasteiger partial charge in [0, 0.05) is 38.2 Å². The number of amides is 1. The van der Waals surface area contributed by atoms with Crippen LogP contribution < -0.4 is 5.32 Å². The maximum absolute atomic E-state index is 12.1. The van der Waals surface area contributed by atoms with Crippen molar-refractivity contribution in [3.05, 3.63) is 42.4 Å². The van der Waals surface area contributed by atoms with Crippen LogP contribution in [0.25, 0.3) is 11.3 Å². The fraction of sp³-hybridized carbons (Fsp3) is 0.450. The molecule has 3 rings (SSSR count). The predicted molar refractivity (Wildman–Crippen MR) is 98.0 cm³/mol. The molecule has 0 unspecified atom stereocenters. The Labute approximate surface area is 157 Å². The number of carboxylic acid groups (broad SMARTS) is 1. The normalized spacial score (nSPS) is 16.0. The molecule has 27 heavy (non-hydrogen) atoms. The van der Waals surface area contributed by atoms with Crippen molar-refractivity contribution in [2.45, 2.75) is 32.1 Å². The molecule has 1 saturated heterocycles. The highest BCUT2D eigenvalue weighted by Gasteiger charge is 2.40. The van der Waals surface area contributed by atoms with Gasteiger partial charge in [-0.25, -0.2) is 4.98 Å². The lowest BCUT2D eigenvalue weighted by Gasteiger charge is -2.33. The topological polar surface area (TPSA) is 102 Å². The summed E-state index contributed by atoms with van der Waals surface area (Å²) in [6.07, 6.45) is 3.96. The molecule has 144 valence electrons. The summed E-state index contributed by atoms with van der Waals surface area (Å²) < 4.78 is 11.0. The van der Waals surface area contributed by atoms with E-state index in [2.05, 4.69) is 10.3 Å². The number of carbonyl (C=O) groups is 2. The molecule has 1 aromatic carbocycles. The minimum atomic E-state index is -0.916. The Morgan fingerprint density at radius 1 is 1.19 bits per heavy atom. The number of rotatable bonds is 8. The van der Waals surface area contributed by atoms with Crippen molar-refractivity contribution in [2.75, 3.05) is 19.8 Å². The molecule has 1 amide bonds. The number of aromatic nitrogens is 1. The van der Waals surface area contributed by atoms with Gasteiger partial charge >= 0.3 is 5.97 Å². The van der Waals surface area contributed by atoms with Crippen LogP contribution in [0.1, 0.15) is 31.6 Å². The highest BCUT2D eigenvalue weighted by molar-refractivity contribution is 5.79. The Morgan fingerprint density at radius 2 is 1.93 bits per heavy atom. The average molecular weight is 372 g/mol. The number of carboxylic acids is 1. The highest BCUT2D eigenvalue weighted by atomic mass is 16.5. The van der Waals surface area contributed by atoms with Gasteiger partial charge in [-0.05, 0) is 19.3 Å². The third-order valence-corrected chi connectivity index (χ3v) is 4.93. The highest BCUT2D eigenvalue weighted by Crippen LogP contribution is 2.30. The Hall–Kier alpha value is -2.67. The van der Waals surface area contributed by atoms with Crippen molar-refractivity contribution in [3.63, 3.8) is 0 Å². The fourth-order valence-corrected chi connectivity index (χ4v) is 3.15. The van der Waals surface area contributed by atoms with E-state index in [4.69, 9.17) is 9.15 Å². The number of aryl methyl sites for hydroxylation is 1. The number of benzene rings is 1. The summed E-state index contributed by atoms with van der Waals surface area (Å²) in [7, 11) is 0. The fourth-order valence-electron chi connectivity index (χ4n) is 3.15. The molecule has 1 fully saturated rings. The average Bonchev–Trinajstić information content (AvgIpc) is 3.17. The molecule has 0 spiro atoms. The smallest absolute Gasteiger partial charge is 0.311 e. The first-order chi connectivity index (χ1) is 13.1. The van der Waals surface area contributed by atoms with Crippen LogP contribution in [-0.4, -0.2) is 41.7 Å². The van der Waals surface area contributed by atoms with Crippen LogP contribution in [0.5, 0.6) is 0 Å².